The predicted octanol–water partition coefficient (Wildman–Crippen LogP) is 3.17. The molecule has 5 heteroatoms. The molecule has 1 aliphatic carbocycles. The minimum Gasteiger partial charge on any atom is -0.310 e. The Kier molecular flexibility index (Phi) is 3.81. The number of nitrogens with one attached hydrogen (secondary N) is 1. The number of nitrogens with zero attached hydrogens (tertiary/aromatic N) is 3. The highest BCUT2D eigenvalue weighted by molar-refractivity contribution is 9.10. The zero-order valence-electron chi connectivity index (χ0n) is 11.7. The molecular weight excluding hydrogens is 316 g/mol. The van der Waals surface area contributed by atoms with Crippen LogP contribution < -0.4 is 5.32 Å². The Morgan fingerprint density at radius 3 is 2.50 bits per heavy atom. The first-order chi connectivity index (χ1) is 9.63. The topological polar surface area (TPSA) is 50.7 Å². The van der Waals surface area contributed by atoms with Gasteiger partial charge in [-0.05, 0) is 48.7 Å². The Labute approximate surface area is 127 Å². The van der Waals surface area contributed by atoms with Crippen LogP contribution >= 0.6 is 15.9 Å². The molecule has 2 heterocycles. The van der Waals surface area contributed by atoms with Gasteiger partial charge in [0.2, 0.25) is 0 Å². The lowest BCUT2D eigenvalue weighted by Crippen LogP contribution is -2.18. The Balaban J connectivity index is 1.90. The summed E-state index contributed by atoms with van der Waals surface area (Å²) in [6.45, 7) is 4.96. The average Bonchev–Trinajstić information content (AvgIpc) is 3.21. The summed E-state index contributed by atoms with van der Waals surface area (Å²) >= 11 is 3.43. The van der Waals surface area contributed by atoms with Crippen LogP contribution in [0.3, 0.4) is 0 Å². The highest BCUT2D eigenvalue weighted by Gasteiger charge is 2.21. The Bertz CT molecular complexity index is 615. The Hall–Kier alpha value is -1.33. The molecule has 1 aliphatic rings. The molecule has 104 valence electrons. The summed E-state index contributed by atoms with van der Waals surface area (Å²) in [5.74, 6) is 0.740. The Morgan fingerprint density at radius 2 is 1.90 bits per heavy atom. The van der Waals surface area contributed by atoms with E-state index in [0.717, 1.165) is 33.8 Å². The van der Waals surface area contributed by atoms with E-state index < -0.39 is 0 Å². The maximum Gasteiger partial charge on any atom is 0.161 e. The number of pyridine rings is 1. The second kappa shape index (κ2) is 5.58. The van der Waals surface area contributed by atoms with Crippen molar-refractivity contribution in [2.45, 2.75) is 39.3 Å². The molecule has 2 aromatic rings. The van der Waals surface area contributed by atoms with Crippen LogP contribution in [-0.4, -0.2) is 21.0 Å². The highest BCUT2D eigenvalue weighted by Crippen LogP contribution is 2.23. The summed E-state index contributed by atoms with van der Waals surface area (Å²) in [4.78, 5) is 13.4. The van der Waals surface area contributed by atoms with Gasteiger partial charge < -0.3 is 5.32 Å². The van der Waals surface area contributed by atoms with E-state index in [1.807, 2.05) is 19.9 Å². The molecule has 0 atom stereocenters. The molecule has 0 spiro atoms. The van der Waals surface area contributed by atoms with Crippen LogP contribution in [0.5, 0.6) is 0 Å². The smallest absolute Gasteiger partial charge is 0.161 e. The molecule has 0 unspecified atom stereocenters. The summed E-state index contributed by atoms with van der Waals surface area (Å²) in [5.41, 5.74) is 4.23. The van der Waals surface area contributed by atoms with Gasteiger partial charge in [0.25, 0.3) is 0 Å². The first-order valence-electron chi connectivity index (χ1n) is 6.82. The highest BCUT2D eigenvalue weighted by atomic mass is 79.9. The third-order valence-electron chi connectivity index (χ3n) is 3.53. The summed E-state index contributed by atoms with van der Waals surface area (Å²) in [6.07, 6.45) is 6.14. The summed E-state index contributed by atoms with van der Waals surface area (Å²) in [7, 11) is 0. The van der Waals surface area contributed by atoms with Gasteiger partial charge in [0, 0.05) is 52.0 Å². The lowest BCUT2D eigenvalue weighted by atomic mass is 10.1. The number of halogens is 1. The van der Waals surface area contributed by atoms with E-state index in [-0.39, 0.29) is 0 Å². The van der Waals surface area contributed by atoms with Gasteiger partial charge in [0.15, 0.2) is 5.82 Å². The third kappa shape index (κ3) is 3.04. The second-order valence-corrected chi connectivity index (χ2v) is 6.16. The minimum atomic E-state index is 0.697. The van der Waals surface area contributed by atoms with E-state index >= 15 is 0 Å². The first kappa shape index (κ1) is 13.6. The van der Waals surface area contributed by atoms with Crippen LogP contribution in [0.1, 0.15) is 29.8 Å². The quantitative estimate of drug-likeness (QED) is 0.934. The van der Waals surface area contributed by atoms with Crippen LogP contribution in [0.25, 0.3) is 11.4 Å². The normalized spacial score (nSPS) is 14.6. The van der Waals surface area contributed by atoms with Crippen LogP contribution in [-0.2, 0) is 6.54 Å². The summed E-state index contributed by atoms with van der Waals surface area (Å²) in [5, 5.41) is 3.52. The molecule has 0 saturated heterocycles. The number of hydrogen-bond donors (Lipinski definition) is 1. The largest absolute Gasteiger partial charge is 0.310 e. The Morgan fingerprint density at radius 1 is 1.20 bits per heavy atom. The van der Waals surface area contributed by atoms with E-state index in [1.54, 1.807) is 12.4 Å². The summed E-state index contributed by atoms with van der Waals surface area (Å²) < 4.78 is 0.938. The molecule has 0 bridgehead atoms. The maximum atomic E-state index is 4.63. The number of aromatic nitrogens is 3. The average molecular weight is 333 g/mol. The fourth-order valence-electron chi connectivity index (χ4n) is 2.19. The molecule has 3 rings (SSSR count). The predicted molar refractivity (Wildman–Crippen MR) is 82.3 cm³/mol. The van der Waals surface area contributed by atoms with Gasteiger partial charge in [-0.1, -0.05) is 0 Å². The molecule has 20 heavy (non-hydrogen) atoms. The van der Waals surface area contributed by atoms with Gasteiger partial charge in [-0.25, -0.2) is 9.97 Å². The van der Waals surface area contributed by atoms with Gasteiger partial charge in [0.1, 0.15) is 0 Å². The first-order valence-corrected chi connectivity index (χ1v) is 7.61. The third-order valence-corrected chi connectivity index (χ3v) is 3.96. The van der Waals surface area contributed by atoms with Gasteiger partial charge in [-0.2, -0.15) is 0 Å². The van der Waals surface area contributed by atoms with Gasteiger partial charge in [-0.3, -0.25) is 4.98 Å². The van der Waals surface area contributed by atoms with Crippen LogP contribution in [0.15, 0.2) is 22.9 Å². The molecule has 0 amide bonds. The number of aryl methyl sites for hydroxylation is 2. The van der Waals surface area contributed by atoms with E-state index in [4.69, 9.17) is 0 Å². The number of rotatable bonds is 4. The minimum absolute atomic E-state index is 0.697. The zero-order chi connectivity index (χ0) is 14.1. The van der Waals surface area contributed by atoms with Crippen molar-refractivity contribution in [3.63, 3.8) is 0 Å². The van der Waals surface area contributed by atoms with Crippen molar-refractivity contribution in [3.8, 4) is 11.4 Å². The van der Waals surface area contributed by atoms with Crippen LogP contribution in [0.4, 0.5) is 0 Å². The van der Waals surface area contributed by atoms with Crippen molar-refractivity contribution in [1.29, 1.82) is 0 Å². The fraction of sp³-hybridized carbons (Fsp3) is 0.400. The summed E-state index contributed by atoms with van der Waals surface area (Å²) in [6, 6.07) is 2.69. The van der Waals surface area contributed by atoms with E-state index in [1.165, 1.54) is 18.4 Å². The van der Waals surface area contributed by atoms with Crippen molar-refractivity contribution in [2.75, 3.05) is 0 Å². The SMILES string of the molecule is Cc1nc(-c2cncc(Br)c2)nc(C)c1CNC1CC1. The van der Waals surface area contributed by atoms with Crippen LogP contribution in [0, 0.1) is 13.8 Å². The zero-order valence-corrected chi connectivity index (χ0v) is 13.2. The molecule has 0 aromatic carbocycles. The van der Waals surface area contributed by atoms with Crippen molar-refractivity contribution in [1.82, 2.24) is 20.3 Å². The molecule has 1 saturated carbocycles. The van der Waals surface area contributed by atoms with E-state index in [9.17, 15) is 0 Å². The molecular formula is C15H17BrN4. The van der Waals surface area contributed by atoms with Crippen molar-refractivity contribution < 1.29 is 0 Å². The van der Waals surface area contributed by atoms with Gasteiger partial charge in [-0.15, -0.1) is 0 Å². The van der Waals surface area contributed by atoms with Crippen molar-refractivity contribution in [3.05, 3.63) is 39.9 Å². The molecule has 2 aromatic heterocycles. The second-order valence-electron chi connectivity index (χ2n) is 5.24. The van der Waals surface area contributed by atoms with Gasteiger partial charge >= 0.3 is 0 Å². The fourth-order valence-corrected chi connectivity index (χ4v) is 2.56. The molecule has 0 aliphatic heterocycles. The van der Waals surface area contributed by atoms with Crippen molar-refractivity contribution in [2.24, 2.45) is 0 Å². The molecule has 1 N–H and O–H groups in total. The molecule has 0 radical (unpaired) electrons. The molecule has 4 nitrogen and oxygen atoms in total. The van der Waals surface area contributed by atoms with Gasteiger partial charge in [0.05, 0.1) is 0 Å². The standard InChI is InChI=1S/C15H17BrN4/c1-9-14(8-18-13-3-4-13)10(2)20-15(19-9)11-5-12(16)7-17-6-11/h5-7,13,18H,3-4,8H2,1-2H3. The monoisotopic (exact) mass is 332 g/mol. The lowest BCUT2D eigenvalue weighted by Gasteiger charge is -2.11. The lowest BCUT2D eigenvalue weighted by molar-refractivity contribution is 0.675. The van der Waals surface area contributed by atoms with Crippen LogP contribution in [0.2, 0.25) is 0 Å². The van der Waals surface area contributed by atoms with Crippen molar-refractivity contribution >= 4 is 15.9 Å². The van der Waals surface area contributed by atoms with E-state index in [0.29, 0.717) is 6.04 Å². The maximum absolute atomic E-state index is 4.63. The number of hydrogen-bond acceptors (Lipinski definition) is 4. The molecule has 1 fully saturated rings. The van der Waals surface area contributed by atoms with E-state index in [2.05, 4.69) is 36.2 Å².